The maximum absolute atomic E-state index is 5.72. The maximum atomic E-state index is 5.72. The summed E-state index contributed by atoms with van der Waals surface area (Å²) in [4.78, 5) is 0.378. The van der Waals surface area contributed by atoms with Crippen LogP contribution in [0.3, 0.4) is 0 Å². The number of nitrogens with one attached hydrogen (secondary N) is 1. The summed E-state index contributed by atoms with van der Waals surface area (Å²) in [6, 6.07) is 6.04. The Bertz CT molecular complexity index is 398. The highest BCUT2D eigenvalue weighted by atomic mass is 79.9. The van der Waals surface area contributed by atoms with Crippen molar-refractivity contribution in [1.29, 1.82) is 0 Å². The molecule has 1 unspecified atom stereocenters. The molecule has 1 rings (SSSR count). The lowest BCUT2D eigenvalue weighted by Crippen LogP contribution is -2.24. The first kappa shape index (κ1) is 14.4. The van der Waals surface area contributed by atoms with Gasteiger partial charge in [-0.1, -0.05) is 18.3 Å². The van der Waals surface area contributed by atoms with Crippen molar-refractivity contribution in [2.45, 2.75) is 19.9 Å². The Morgan fingerprint density at radius 2 is 2.29 bits per heavy atom. The van der Waals surface area contributed by atoms with Crippen LogP contribution in [0, 0.1) is 0 Å². The summed E-state index contributed by atoms with van der Waals surface area (Å²) in [6.45, 7) is 5.40. The molecule has 17 heavy (non-hydrogen) atoms. The highest BCUT2D eigenvalue weighted by Gasteiger charge is 2.11. The van der Waals surface area contributed by atoms with Crippen molar-refractivity contribution in [2.75, 3.05) is 18.5 Å². The first-order valence-electron chi connectivity index (χ1n) is 5.48. The van der Waals surface area contributed by atoms with Crippen LogP contribution in [-0.2, 0) is 4.74 Å². The van der Waals surface area contributed by atoms with Gasteiger partial charge in [0, 0.05) is 28.4 Å². The summed E-state index contributed by atoms with van der Waals surface area (Å²) in [5.74, 6) is 0. The monoisotopic (exact) mass is 316 g/mol. The first-order valence-corrected chi connectivity index (χ1v) is 6.69. The van der Waals surface area contributed by atoms with Crippen molar-refractivity contribution in [3.63, 3.8) is 0 Å². The van der Waals surface area contributed by atoms with Crippen molar-refractivity contribution < 1.29 is 4.74 Å². The molecule has 3 nitrogen and oxygen atoms in total. The Kier molecular flexibility index (Phi) is 5.88. The van der Waals surface area contributed by atoms with E-state index in [1.165, 1.54) is 0 Å². The maximum Gasteiger partial charge on any atom is 0.107 e. The molecule has 0 aliphatic heterocycles. The van der Waals surface area contributed by atoms with Crippen molar-refractivity contribution in [2.24, 2.45) is 5.73 Å². The summed E-state index contributed by atoms with van der Waals surface area (Å²) in [7, 11) is 0. The topological polar surface area (TPSA) is 47.3 Å². The lowest BCUT2D eigenvalue weighted by Gasteiger charge is -2.18. The SMILES string of the molecule is CCOCC(C)Nc1cccc(Br)c1C(N)=S. The Hall–Kier alpha value is -0.650. The van der Waals surface area contributed by atoms with Gasteiger partial charge in [-0.05, 0) is 41.9 Å². The molecular weight excluding hydrogens is 300 g/mol. The van der Waals surface area contributed by atoms with Gasteiger partial charge in [-0.2, -0.15) is 0 Å². The number of hydrogen-bond donors (Lipinski definition) is 2. The van der Waals surface area contributed by atoms with Crippen LogP contribution in [0.5, 0.6) is 0 Å². The molecule has 0 aliphatic carbocycles. The van der Waals surface area contributed by atoms with E-state index in [-0.39, 0.29) is 6.04 Å². The van der Waals surface area contributed by atoms with E-state index in [0.29, 0.717) is 18.2 Å². The fourth-order valence-electron chi connectivity index (χ4n) is 1.50. The van der Waals surface area contributed by atoms with E-state index in [0.717, 1.165) is 15.7 Å². The van der Waals surface area contributed by atoms with Gasteiger partial charge in [0.25, 0.3) is 0 Å². The highest BCUT2D eigenvalue weighted by molar-refractivity contribution is 9.10. The largest absolute Gasteiger partial charge is 0.389 e. The van der Waals surface area contributed by atoms with Gasteiger partial charge in [0.15, 0.2) is 0 Å². The fraction of sp³-hybridized carbons (Fsp3) is 0.417. The molecule has 0 saturated heterocycles. The molecule has 0 aromatic heterocycles. The fourth-order valence-corrected chi connectivity index (χ4v) is 2.43. The molecule has 0 saturated carbocycles. The number of ether oxygens (including phenoxy) is 1. The lowest BCUT2D eigenvalue weighted by atomic mass is 10.1. The number of thiocarbonyl (C=S) groups is 1. The molecule has 0 radical (unpaired) electrons. The first-order chi connectivity index (χ1) is 8.06. The Morgan fingerprint density at radius 3 is 2.88 bits per heavy atom. The average molecular weight is 317 g/mol. The number of benzene rings is 1. The smallest absolute Gasteiger partial charge is 0.107 e. The molecule has 94 valence electrons. The predicted octanol–water partition coefficient (Wildman–Crippen LogP) is 2.92. The summed E-state index contributed by atoms with van der Waals surface area (Å²) < 4.78 is 6.26. The number of hydrogen-bond acceptors (Lipinski definition) is 3. The molecule has 0 amide bonds. The van der Waals surface area contributed by atoms with Crippen LogP contribution in [0.4, 0.5) is 5.69 Å². The summed E-state index contributed by atoms with van der Waals surface area (Å²) in [5.41, 5.74) is 7.49. The molecule has 1 aromatic rings. The van der Waals surface area contributed by atoms with Crippen molar-refractivity contribution >= 4 is 38.8 Å². The van der Waals surface area contributed by atoms with E-state index in [1.807, 2.05) is 25.1 Å². The molecule has 0 spiro atoms. The molecule has 1 atom stereocenters. The minimum Gasteiger partial charge on any atom is -0.389 e. The van der Waals surface area contributed by atoms with E-state index >= 15 is 0 Å². The van der Waals surface area contributed by atoms with Gasteiger partial charge in [-0.3, -0.25) is 0 Å². The van der Waals surface area contributed by atoms with E-state index in [2.05, 4.69) is 28.2 Å². The second kappa shape index (κ2) is 6.93. The number of halogens is 1. The van der Waals surface area contributed by atoms with Crippen LogP contribution in [0.25, 0.3) is 0 Å². The Labute approximate surface area is 116 Å². The molecule has 1 aromatic carbocycles. The van der Waals surface area contributed by atoms with Crippen LogP contribution in [0.15, 0.2) is 22.7 Å². The zero-order valence-electron chi connectivity index (χ0n) is 10.00. The second-order valence-electron chi connectivity index (χ2n) is 3.73. The summed E-state index contributed by atoms with van der Waals surface area (Å²) in [6.07, 6.45) is 0. The minimum absolute atomic E-state index is 0.206. The van der Waals surface area contributed by atoms with Gasteiger partial charge in [-0.15, -0.1) is 0 Å². The zero-order valence-corrected chi connectivity index (χ0v) is 12.4. The molecule has 0 fully saturated rings. The normalized spacial score (nSPS) is 12.2. The van der Waals surface area contributed by atoms with Gasteiger partial charge in [0.05, 0.1) is 6.61 Å². The van der Waals surface area contributed by atoms with Gasteiger partial charge >= 0.3 is 0 Å². The van der Waals surface area contributed by atoms with Crippen molar-refractivity contribution in [1.82, 2.24) is 0 Å². The van der Waals surface area contributed by atoms with E-state index in [9.17, 15) is 0 Å². The minimum atomic E-state index is 0.206. The molecule has 5 heteroatoms. The zero-order chi connectivity index (χ0) is 12.8. The van der Waals surface area contributed by atoms with Gasteiger partial charge in [0.2, 0.25) is 0 Å². The molecule has 3 N–H and O–H groups in total. The van der Waals surface area contributed by atoms with E-state index in [1.54, 1.807) is 0 Å². The highest BCUT2D eigenvalue weighted by Crippen LogP contribution is 2.25. The van der Waals surface area contributed by atoms with E-state index < -0.39 is 0 Å². The van der Waals surface area contributed by atoms with Gasteiger partial charge < -0.3 is 15.8 Å². The molecular formula is C12H17BrN2OS. The Balaban J connectivity index is 2.83. The Morgan fingerprint density at radius 1 is 1.59 bits per heavy atom. The number of nitrogens with two attached hydrogens (primary N) is 1. The second-order valence-corrected chi connectivity index (χ2v) is 5.03. The average Bonchev–Trinajstić information content (AvgIpc) is 2.25. The standard InChI is InChI=1S/C12H17BrN2OS/c1-3-16-7-8(2)15-10-6-4-5-9(13)11(10)12(14)17/h4-6,8,15H,3,7H2,1-2H3,(H2,14,17). The third kappa shape index (κ3) is 4.26. The van der Waals surface area contributed by atoms with Crippen LogP contribution in [-0.4, -0.2) is 24.2 Å². The lowest BCUT2D eigenvalue weighted by molar-refractivity contribution is 0.141. The van der Waals surface area contributed by atoms with Gasteiger partial charge in [-0.25, -0.2) is 0 Å². The van der Waals surface area contributed by atoms with Crippen molar-refractivity contribution in [3.05, 3.63) is 28.2 Å². The third-order valence-electron chi connectivity index (χ3n) is 2.23. The summed E-state index contributed by atoms with van der Waals surface area (Å²) in [5, 5.41) is 3.34. The van der Waals surface area contributed by atoms with Crippen LogP contribution < -0.4 is 11.1 Å². The quantitative estimate of drug-likeness (QED) is 0.792. The van der Waals surface area contributed by atoms with Gasteiger partial charge in [0.1, 0.15) is 4.99 Å². The van der Waals surface area contributed by atoms with Crippen LogP contribution in [0.1, 0.15) is 19.4 Å². The van der Waals surface area contributed by atoms with Crippen LogP contribution in [0.2, 0.25) is 0 Å². The van der Waals surface area contributed by atoms with Crippen LogP contribution >= 0.6 is 28.1 Å². The predicted molar refractivity (Wildman–Crippen MR) is 79.6 cm³/mol. The number of rotatable bonds is 6. The number of anilines is 1. The summed E-state index contributed by atoms with van der Waals surface area (Å²) >= 11 is 8.51. The van der Waals surface area contributed by atoms with E-state index in [4.69, 9.17) is 22.7 Å². The molecule has 0 bridgehead atoms. The molecule has 0 aliphatic rings. The third-order valence-corrected chi connectivity index (χ3v) is 3.10. The van der Waals surface area contributed by atoms with Crippen molar-refractivity contribution in [3.8, 4) is 0 Å². The molecule has 0 heterocycles.